The van der Waals surface area contributed by atoms with Gasteiger partial charge in [0.15, 0.2) is 0 Å². The summed E-state index contributed by atoms with van der Waals surface area (Å²) in [4.78, 5) is 43.3. The van der Waals surface area contributed by atoms with Gasteiger partial charge in [-0.25, -0.2) is 0 Å². The highest BCUT2D eigenvalue weighted by Crippen LogP contribution is 2.33. The Bertz CT molecular complexity index is 1550. The number of fused-ring (bicyclic) bond motifs is 2. The van der Waals surface area contributed by atoms with Crippen LogP contribution in [0.4, 0.5) is 11.4 Å². The molecule has 0 aliphatic carbocycles. The molecule has 0 radical (unpaired) electrons. The molecular formula is C32H27N3O4. The highest BCUT2D eigenvalue weighted by Gasteiger charge is 2.41. The summed E-state index contributed by atoms with van der Waals surface area (Å²) >= 11 is 0. The number of aliphatic hydroxyl groups excluding tert-OH is 1. The molecule has 0 bridgehead atoms. The van der Waals surface area contributed by atoms with Crippen molar-refractivity contribution in [2.45, 2.75) is 18.6 Å². The van der Waals surface area contributed by atoms with Gasteiger partial charge in [0.1, 0.15) is 0 Å². The molecule has 2 N–H and O–H groups in total. The number of rotatable bonds is 4. The second-order valence-corrected chi connectivity index (χ2v) is 9.88. The fourth-order valence-electron chi connectivity index (χ4n) is 5.46. The SMILES string of the molecule is O=C(Nc1ccc(C(=O)N2C[C@@H]3C[C@H](O)CN3C(=O)c3ccccc32)cc1)c1ccccc1-c1ccccc1. The maximum absolute atomic E-state index is 13.7. The Labute approximate surface area is 226 Å². The zero-order valence-electron chi connectivity index (χ0n) is 21.2. The van der Waals surface area contributed by atoms with Crippen molar-refractivity contribution >= 4 is 29.1 Å². The van der Waals surface area contributed by atoms with Gasteiger partial charge in [-0.05, 0) is 60.0 Å². The van der Waals surface area contributed by atoms with Crippen LogP contribution in [0.15, 0.2) is 103 Å². The molecule has 1 saturated heterocycles. The Hall–Kier alpha value is -4.75. The highest BCUT2D eigenvalue weighted by atomic mass is 16.3. The van der Waals surface area contributed by atoms with Crippen LogP contribution < -0.4 is 10.2 Å². The second kappa shape index (κ2) is 10.2. The first kappa shape index (κ1) is 24.6. The van der Waals surface area contributed by atoms with Crippen molar-refractivity contribution in [2.24, 2.45) is 0 Å². The molecule has 4 aromatic carbocycles. The number of para-hydroxylation sites is 1. The molecule has 2 atom stereocenters. The minimum Gasteiger partial charge on any atom is -0.391 e. The number of hydrogen-bond donors (Lipinski definition) is 2. The molecular weight excluding hydrogens is 490 g/mol. The van der Waals surface area contributed by atoms with E-state index in [0.29, 0.717) is 41.0 Å². The normalized spacial score (nSPS) is 18.2. The number of carbonyl (C=O) groups excluding carboxylic acids is 3. The van der Waals surface area contributed by atoms with E-state index in [9.17, 15) is 19.5 Å². The lowest BCUT2D eigenvalue weighted by Crippen LogP contribution is -2.42. The van der Waals surface area contributed by atoms with Crippen molar-refractivity contribution in [1.29, 1.82) is 0 Å². The van der Waals surface area contributed by atoms with Crippen LogP contribution in [0.25, 0.3) is 11.1 Å². The third kappa shape index (κ3) is 4.69. The van der Waals surface area contributed by atoms with E-state index in [4.69, 9.17) is 0 Å². The Kier molecular flexibility index (Phi) is 6.42. The zero-order chi connectivity index (χ0) is 26.9. The molecule has 7 nitrogen and oxygen atoms in total. The molecule has 194 valence electrons. The topological polar surface area (TPSA) is 89.9 Å². The maximum atomic E-state index is 13.7. The fourth-order valence-corrected chi connectivity index (χ4v) is 5.46. The Morgan fingerprint density at radius 3 is 2.21 bits per heavy atom. The average molecular weight is 518 g/mol. The fraction of sp³-hybridized carbons (Fsp3) is 0.156. The molecule has 2 aliphatic rings. The summed E-state index contributed by atoms with van der Waals surface area (Å²) < 4.78 is 0. The smallest absolute Gasteiger partial charge is 0.258 e. The van der Waals surface area contributed by atoms with Gasteiger partial charge in [0.25, 0.3) is 17.7 Å². The predicted molar refractivity (Wildman–Crippen MR) is 150 cm³/mol. The van der Waals surface area contributed by atoms with Crippen LogP contribution in [0.3, 0.4) is 0 Å². The highest BCUT2D eigenvalue weighted by molar-refractivity contribution is 6.12. The van der Waals surface area contributed by atoms with Crippen LogP contribution in [-0.4, -0.2) is 53.0 Å². The van der Waals surface area contributed by atoms with E-state index in [1.807, 2.05) is 54.6 Å². The maximum Gasteiger partial charge on any atom is 0.258 e. The van der Waals surface area contributed by atoms with Gasteiger partial charge < -0.3 is 20.2 Å². The lowest BCUT2D eigenvalue weighted by atomic mass is 9.99. The van der Waals surface area contributed by atoms with Gasteiger partial charge in [0.05, 0.1) is 23.4 Å². The van der Waals surface area contributed by atoms with Crippen LogP contribution in [0.1, 0.15) is 37.5 Å². The molecule has 6 rings (SSSR count). The van der Waals surface area contributed by atoms with Crippen LogP contribution >= 0.6 is 0 Å². The summed E-state index contributed by atoms with van der Waals surface area (Å²) in [6.07, 6.45) is -0.171. The van der Waals surface area contributed by atoms with Gasteiger partial charge in [0.2, 0.25) is 0 Å². The molecule has 0 unspecified atom stereocenters. The monoisotopic (exact) mass is 517 g/mol. The standard InChI is InChI=1S/C32H27N3O4/c36-25-18-24-19-35(29-13-7-6-12-28(29)32(39)34(24)20-25)31(38)22-14-16-23(17-15-22)33-30(37)27-11-5-4-10-26(27)21-8-2-1-3-9-21/h1-17,24-25,36H,18-20H2,(H,33,37)/t24-,25-/m0/s1. The molecule has 39 heavy (non-hydrogen) atoms. The van der Waals surface area contributed by atoms with Crippen molar-refractivity contribution < 1.29 is 19.5 Å². The Balaban J connectivity index is 1.24. The predicted octanol–water partition coefficient (Wildman–Crippen LogP) is 4.84. The molecule has 3 amide bonds. The minimum atomic E-state index is -0.601. The van der Waals surface area contributed by atoms with Crippen molar-refractivity contribution in [3.05, 3.63) is 120 Å². The number of hydrogen-bond acceptors (Lipinski definition) is 4. The largest absolute Gasteiger partial charge is 0.391 e. The van der Waals surface area contributed by atoms with Crippen molar-refractivity contribution in [3.63, 3.8) is 0 Å². The molecule has 4 aromatic rings. The summed E-state index contributed by atoms with van der Waals surface area (Å²) in [6.45, 7) is 0.565. The summed E-state index contributed by atoms with van der Waals surface area (Å²) in [5.41, 5.74) is 4.35. The first-order valence-electron chi connectivity index (χ1n) is 13.0. The van der Waals surface area contributed by atoms with E-state index in [-0.39, 0.29) is 30.3 Å². The number of aliphatic hydroxyl groups is 1. The van der Waals surface area contributed by atoms with Crippen LogP contribution in [0.2, 0.25) is 0 Å². The third-order valence-corrected chi connectivity index (χ3v) is 7.36. The molecule has 1 fully saturated rings. The zero-order valence-corrected chi connectivity index (χ0v) is 21.2. The van der Waals surface area contributed by atoms with E-state index in [0.717, 1.165) is 11.1 Å². The molecule has 0 spiro atoms. The summed E-state index contributed by atoms with van der Waals surface area (Å²) in [5.74, 6) is -0.657. The third-order valence-electron chi connectivity index (χ3n) is 7.36. The summed E-state index contributed by atoms with van der Waals surface area (Å²) in [5, 5.41) is 13.1. The van der Waals surface area contributed by atoms with Crippen LogP contribution in [0.5, 0.6) is 0 Å². The average Bonchev–Trinajstić information content (AvgIpc) is 3.31. The van der Waals surface area contributed by atoms with Crippen molar-refractivity contribution in [3.8, 4) is 11.1 Å². The molecule has 2 aliphatic heterocycles. The number of nitrogens with zero attached hydrogens (tertiary/aromatic N) is 2. The van der Waals surface area contributed by atoms with Gasteiger partial charge >= 0.3 is 0 Å². The van der Waals surface area contributed by atoms with Crippen LogP contribution in [-0.2, 0) is 0 Å². The molecule has 0 aromatic heterocycles. The molecule has 2 heterocycles. The number of nitrogens with one attached hydrogen (secondary N) is 1. The Morgan fingerprint density at radius 1 is 0.769 bits per heavy atom. The van der Waals surface area contributed by atoms with E-state index >= 15 is 0 Å². The first-order chi connectivity index (χ1) is 19.0. The van der Waals surface area contributed by atoms with Gasteiger partial charge in [0, 0.05) is 29.9 Å². The molecule has 7 heteroatoms. The van der Waals surface area contributed by atoms with Gasteiger partial charge in [-0.1, -0.05) is 60.7 Å². The van der Waals surface area contributed by atoms with E-state index in [1.165, 1.54) is 0 Å². The lowest BCUT2D eigenvalue weighted by molar-refractivity contribution is 0.0724. The van der Waals surface area contributed by atoms with Gasteiger partial charge in [-0.2, -0.15) is 0 Å². The number of carbonyl (C=O) groups is 3. The first-order valence-corrected chi connectivity index (χ1v) is 13.0. The molecule has 0 saturated carbocycles. The summed E-state index contributed by atoms with van der Waals surface area (Å²) in [7, 11) is 0. The second-order valence-electron chi connectivity index (χ2n) is 9.88. The minimum absolute atomic E-state index is 0.170. The van der Waals surface area contributed by atoms with E-state index in [2.05, 4.69) is 5.32 Å². The van der Waals surface area contributed by atoms with Crippen molar-refractivity contribution in [1.82, 2.24) is 4.90 Å². The number of benzene rings is 4. The van der Waals surface area contributed by atoms with Gasteiger partial charge in [-0.3, -0.25) is 14.4 Å². The van der Waals surface area contributed by atoms with Crippen molar-refractivity contribution in [2.75, 3.05) is 23.3 Å². The van der Waals surface area contributed by atoms with E-state index < -0.39 is 6.10 Å². The quantitative estimate of drug-likeness (QED) is 0.405. The van der Waals surface area contributed by atoms with E-state index in [1.54, 1.807) is 58.3 Å². The lowest BCUT2D eigenvalue weighted by Gasteiger charge is -2.26. The Morgan fingerprint density at radius 2 is 1.44 bits per heavy atom. The number of anilines is 2. The number of amides is 3. The van der Waals surface area contributed by atoms with Crippen LogP contribution in [0, 0.1) is 0 Å². The van der Waals surface area contributed by atoms with Gasteiger partial charge in [-0.15, -0.1) is 0 Å². The summed E-state index contributed by atoms with van der Waals surface area (Å²) in [6, 6.07) is 30.8.